The van der Waals surface area contributed by atoms with E-state index in [2.05, 4.69) is 146 Å². The first-order valence-corrected chi connectivity index (χ1v) is 17.4. The van der Waals surface area contributed by atoms with Crippen molar-refractivity contribution in [2.45, 2.75) is 34.9 Å². The maximum atomic E-state index is 2.58. The van der Waals surface area contributed by atoms with E-state index in [1.165, 1.54) is 78.0 Å². The number of nitrogens with zero attached hydrogens (tertiary/aromatic N) is 2. The fourth-order valence-corrected chi connectivity index (χ4v) is 12.1. The smallest absolute Gasteiger partial charge is 1.00 e. The van der Waals surface area contributed by atoms with Crippen molar-refractivity contribution in [3.05, 3.63) is 142 Å². The minimum atomic E-state index is -1.16. The number of hydrogen-bond donors (Lipinski definition) is 0. The molecule has 2 aliphatic carbocycles. The van der Waals surface area contributed by atoms with Gasteiger partial charge in [-0.2, -0.15) is 0 Å². The van der Waals surface area contributed by atoms with Gasteiger partial charge < -0.3 is 34.0 Å². The molecular weight excluding hydrogens is 735 g/mol. The number of benzene rings is 4. The molecule has 0 aliphatic heterocycles. The van der Waals surface area contributed by atoms with Crippen LogP contribution < -0.4 is 34.0 Å². The van der Waals surface area contributed by atoms with Crippen molar-refractivity contribution >= 4 is 45.4 Å². The fourth-order valence-electron chi connectivity index (χ4n) is 7.24. The zero-order chi connectivity index (χ0) is 27.8. The maximum absolute atomic E-state index is 2.58. The first-order chi connectivity index (χ1) is 20.0. The Morgan fingerprint density at radius 1 is 0.488 bits per heavy atom. The van der Waals surface area contributed by atoms with Crippen LogP contribution in [0.4, 0.5) is 0 Å². The van der Waals surface area contributed by atoms with Crippen molar-refractivity contribution in [1.82, 2.24) is 9.13 Å². The zero-order valence-corrected chi connectivity index (χ0v) is 30.3. The van der Waals surface area contributed by atoms with E-state index in [-0.39, 0.29) is 34.0 Å². The van der Waals surface area contributed by atoms with Gasteiger partial charge in [-0.25, -0.2) is 0 Å². The normalized spacial score (nSPS) is 16.7. The molecule has 212 valence electrons. The second kappa shape index (κ2) is 11.7. The molecule has 0 radical (unpaired) electrons. The summed E-state index contributed by atoms with van der Waals surface area (Å²) in [6, 6.07) is 36.1. The van der Waals surface area contributed by atoms with Gasteiger partial charge in [0.15, 0.2) is 0 Å². The number of para-hydroxylation sites is 2. The Bertz CT molecular complexity index is 1950. The second-order valence-electron chi connectivity index (χ2n) is 11.6. The molecule has 5 heteroatoms. The molecule has 6 aromatic rings. The summed E-state index contributed by atoms with van der Waals surface area (Å²) >= 11 is -1.16. The Morgan fingerprint density at radius 3 is 1.30 bits per heavy atom. The number of aromatic nitrogens is 2. The third-order valence-corrected chi connectivity index (χ3v) is 14.1. The van der Waals surface area contributed by atoms with E-state index in [9.17, 15) is 0 Å². The zero-order valence-electron chi connectivity index (χ0n) is 24.7. The Labute approximate surface area is 286 Å². The van der Waals surface area contributed by atoms with Crippen LogP contribution in [-0.4, -0.2) is 9.13 Å². The Kier molecular flexibility index (Phi) is 8.22. The minimum Gasteiger partial charge on any atom is -1.00 e. The van der Waals surface area contributed by atoms with Crippen molar-refractivity contribution in [2.75, 3.05) is 0 Å². The van der Waals surface area contributed by atoms with E-state index < -0.39 is 23.2 Å². The standard InChI is InChI=1S/2C19H16N.2BrH.Zr/c2*1-13-14(2)20(19-10-6-5-9-18(13)19)17-11-15-7-3-4-8-16(15)12-17;;;/h2*3-12H,1-2H3;2*1H;/q;;;;+2/p-2. The summed E-state index contributed by atoms with van der Waals surface area (Å²) in [6.45, 7) is 9.16. The van der Waals surface area contributed by atoms with Gasteiger partial charge in [-0.3, -0.25) is 0 Å². The maximum Gasteiger partial charge on any atom is -1.00 e. The van der Waals surface area contributed by atoms with Gasteiger partial charge >= 0.3 is 254 Å². The van der Waals surface area contributed by atoms with Crippen LogP contribution in [0.3, 0.4) is 0 Å². The Hall–Kier alpha value is -2.72. The number of rotatable bonds is 4. The number of fused-ring (bicyclic) bond motifs is 4. The molecule has 0 spiro atoms. The molecule has 0 fully saturated rings. The van der Waals surface area contributed by atoms with Crippen molar-refractivity contribution in [3.63, 3.8) is 0 Å². The minimum absolute atomic E-state index is 0. The SMILES string of the molecule is Cc1c(C)n(C2=Cc3ccccc3[CH]2[Zr+2][CH]2C(n3c(C)c(C)c4ccccc43)=Cc3ccccc32)c2ccccc12.[Br-].[Br-]. The topological polar surface area (TPSA) is 9.86 Å². The number of allylic oxidation sites excluding steroid dienone is 2. The van der Waals surface area contributed by atoms with Gasteiger partial charge in [0, 0.05) is 0 Å². The summed E-state index contributed by atoms with van der Waals surface area (Å²) in [5.41, 5.74) is 16.9. The largest absolute Gasteiger partial charge is 1.00 e. The molecule has 0 amide bonds. The average Bonchev–Trinajstić information content (AvgIpc) is 3.69. The van der Waals surface area contributed by atoms with Crippen LogP contribution in [0.2, 0.25) is 0 Å². The Morgan fingerprint density at radius 2 is 0.860 bits per heavy atom. The summed E-state index contributed by atoms with van der Waals surface area (Å²) in [7, 11) is 0. The van der Waals surface area contributed by atoms with Crippen LogP contribution in [0, 0.1) is 27.7 Å². The predicted molar refractivity (Wildman–Crippen MR) is 170 cm³/mol. The molecule has 2 aromatic heterocycles. The van der Waals surface area contributed by atoms with Crippen molar-refractivity contribution in [2.24, 2.45) is 0 Å². The van der Waals surface area contributed by atoms with E-state index in [0.717, 1.165) is 0 Å². The van der Waals surface area contributed by atoms with Gasteiger partial charge in [0.2, 0.25) is 0 Å². The molecule has 2 aliphatic rings. The van der Waals surface area contributed by atoms with Crippen LogP contribution in [0.5, 0.6) is 0 Å². The van der Waals surface area contributed by atoms with Gasteiger partial charge in [0.25, 0.3) is 0 Å². The molecule has 43 heavy (non-hydrogen) atoms. The van der Waals surface area contributed by atoms with Crippen molar-refractivity contribution in [1.29, 1.82) is 0 Å². The van der Waals surface area contributed by atoms with E-state index in [1.54, 1.807) is 0 Å². The molecule has 0 saturated heterocycles. The molecule has 2 atom stereocenters. The molecule has 2 unspecified atom stereocenters. The average molecular weight is 768 g/mol. The van der Waals surface area contributed by atoms with E-state index in [4.69, 9.17) is 0 Å². The van der Waals surface area contributed by atoms with Gasteiger partial charge in [0.05, 0.1) is 0 Å². The van der Waals surface area contributed by atoms with E-state index in [1.807, 2.05) is 0 Å². The first-order valence-electron chi connectivity index (χ1n) is 14.5. The predicted octanol–water partition coefficient (Wildman–Crippen LogP) is 3.73. The van der Waals surface area contributed by atoms with Crippen LogP contribution in [-0.2, 0) is 23.2 Å². The monoisotopic (exact) mass is 764 g/mol. The van der Waals surface area contributed by atoms with Gasteiger partial charge in [-0.1, -0.05) is 0 Å². The third kappa shape index (κ3) is 4.57. The fraction of sp³-hybridized carbons (Fsp3) is 0.158. The summed E-state index contributed by atoms with van der Waals surface area (Å²) in [6.07, 6.45) is 4.98. The molecule has 0 N–H and O–H groups in total. The van der Waals surface area contributed by atoms with Crippen molar-refractivity contribution in [3.8, 4) is 0 Å². The third-order valence-electron chi connectivity index (χ3n) is 9.52. The van der Waals surface area contributed by atoms with Crippen LogP contribution in [0.1, 0.15) is 52.0 Å². The molecule has 0 saturated carbocycles. The second-order valence-corrected chi connectivity index (χ2v) is 15.2. The molecule has 8 rings (SSSR count). The number of hydrogen-bond acceptors (Lipinski definition) is 0. The molecular formula is C38H32Br2N2Zr. The molecule has 0 bridgehead atoms. The quantitative estimate of drug-likeness (QED) is 0.259. The molecule has 2 heterocycles. The molecule has 2 nitrogen and oxygen atoms in total. The van der Waals surface area contributed by atoms with E-state index in [0.29, 0.717) is 7.25 Å². The van der Waals surface area contributed by atoms with Gasteiger partial charge in [-0.05, 0) is 0 Å². The van der Waals surface area contributed by atoms with Crippen LogP contribution >= 0.6 is 0 Å². The van der Waals surface area contributed by atoms with E-state index >= 15 is 0 Å². The number of aryl methyl sites for hydroxylation is 2. The first kappa shape index (κ1) is 30.3. The van der Waals surface area contributed by atoms with Crippen LogP contribution in [0.25, 0.3) is 45.4 Å². The summed E-state index contributed by atoms with van der Waals surface area (Å²) < 4.78 is 6.07. The van der Waals surface area contributed by atoms with Gasteiger partial charge in [-0.15, -0.1) is 0 Å². The van der Waals surface area contributed by atoms with Gasteiger partial charge in [0.1, 0.15) is 0 Å². The van der Waals surface area contributed by atoms with Crippen LogP contribution in [0.15, 0.2) is 97.1 Å². The Balaban J connectivity index is 0.00000165. The summed E-state index contributed by atoms with van der Waals surface area (Å²) in [5, 5.41) is 2.73. The molecule has 4 aromatic carbocycles. The number of halogens is 2. The van der Waals surface area contributed by atoms with Crippen molar-refractivity contribution < 1.29 is 57.2 Å². The summed E-state index contributed by atoms with van der Waals surface area (Å²) in [5.74, 6) is 0. The summed E-state index contributed by atoms with van der Waals surface area (Å²) in [4.78, 5) is 0.